The Labute approximate surface area is 175 Å². The molecule has 1 aliphatic heterocycles. The number of nitrogens with one attached hydrogen (secondary N) is 1. The highest BCUT2D eigenvalue weighted by Crippen LogP contribution is 2.30. The molecule has 0 bridgehead atoms. The highest BCUT2D eigenvalue weighted by atomic mass is 32.2. The van der Waals surface area contributed by atoms with Gasteiger partial charge in [0.15, 0.2) is 0 Å². The minimum Gasteiger partial charge on any atom is -0.464 e. The Hall–Kier alpha value is -2.64. The van der Waals surface area contributed by atoms with Gasteiger partial charge in [0.25, 0.3) is 0 Å². The van der Waals surface area contributed by atoms with Crippen LogP contribution in [0.2, 0.25) is 0 Å². The lowest BCUT2D eigenvalue weighted by atomic mass is 10.0. The molecule has 2 aliphatic rings. The van der Waals surface area contributed by atoms with Gasteiger partial charge < -0.3 is 9.73 Å². The SMILES string of the molecule is O=C(Cc1coc2cc3c(cc12)CCC3)Nc1ccc(S(=O)(=O)N2CCCC2)cc1. The molecule has 1 amide bonds. The molecule has 1 aromatic heterocycles. The van der Waals surface area contributed by atoms with Crippen molar-refractivity contribution in [2.24, 2.45) is 0 Å². The van der Waals surface area contributed by atoms with Crippen molar-refractivity contribution in [2.75, 3.05) is 18.4 Å². The summed E-state index contributed by atoms with van der Waals surface area (Å²) < 4.78 is 32.4. The van der Waals surface area contributed by atoms with E-state index < -0.39 is 10.0 Å². The van der Waals surface area contributed by atoms with Crippen molar-refractivity contribution < 1.29 is 17.6 Å². The number of fused-ring (bicyclic) bond motifs is 2. The van der Waals surface area contributed by atoms with E-state index in [9.17, 15) is 13.2 Å². The third kappa shape index (κ3) is 3.52. The molecule has 156 valence electrons. The third-order valence-corrected chi connectivity index (χ3v) is 7.97. The maximum Gasteiger partial charge on any atom is 0.243 e. The number of carbonyl (C=O) groups excluding carboxylic acids is 1. The number of rotatable bonds is 5. The number of amides is 1. The second kappa shape index (κ2) is 7.56. The van der Waals surface area contributed by atoms with Gasteiger partial charge in [0.2, 0.25) is 15.9 Å². The molecule has 7 heteroatoms. The van der Waals surface area contributed by atoms with Crippen LogP contribution in [0.15, 0.2) is 52.0 Å². The lowest BCUT2D eigenvalue weighted by Crippen LogP contribution is -2.27. The molecule has 2 aromatic carbocycles. The zero-order valence-corrected chi connectivity index (χ0v) is 17.5. The highest BCUT2D eigenvalue weighted by molar-refractivity contribution is 7.89. The Morgan fingerprint density at radius 1 is 1.00 bits per heavy atom. The normalized spacial score (nSPS) is 16.8. The minimum absolute atomic E-state index is 0.159. The lowest BCUT2D eigenvalue weighted by molar-refractivity contribution is -0.115. The van der Waals surface area contributed by atoms with Gasteiger partial charge in [-0.25, -0.2) is 8.42 Å². The molecule has 0 spiro atoms. The maximum atomic E-state index is 12.6. The summed E-state index contributed by atoms with van der Waals surface area (Å²) >= 11 is 0. The average molecular weight is 425 g/mol. The van der Waals surface area contributed by atoms with E-state index in [0.717, 1.165) is 42.2 Å². The van der Waals surface area contributed by atoms with Crippen LogP contribution in [-0.4, -0.2) is 31.7 Å². The molecule has 0 unspecified atom stereocenters. The van der Waals surface area contributed by atoms with Crippen molar-refractivity contribution in [1.82, 2.24) is 4.31 Å². The van der Waals surface area contributed by atoms with Crippen LogP contribution in [0.5, 0.6) is 0 Å². The van der Waals surface area contributed by atoms with Crippen LogP contribution < -0.4 is 5.32 Å². The molecule has 1 N–H and O–H groups in total. The summed E-state index contributed by atoms with van der Waals surface area (Å²) in [6.07, 6.45) is 7.00. The molecule has 6 nitrogen and oxygen atoms in total. The molecule has 0 radical (unpaired) electrons. The van der Waals surface area contributed by atoms with Gasteiger partial charge in [0.1, 0.15) is 5.58 Å². The van der Waals surface area contributed by atoms with Crippen LogP contribution in [0.4, 0.5) is 5.69 Å². The maximum absolute atomic E-state index is 12.6. The Balaban J connectivity index is 1.28. The first-order valence-electron chi connectivity index (χ1n) is 10.4. The molecule has 1 saturated heterocycles. The van der Waals surface area contributed by atoms with Crippen LogP contribution >= 0.6 is 0 Å². The van der Waals surface area contributed by atoms with E-state index in [1.807, 2.05) is 0 Å². The Kier molecular flexibility index (Phi) is 4.87. The predicted octanol–water partition coefficient (Wildman–Crippen LogP) is 3.89. The first-order chi connectivity index (χ1) is 14.5. The van der Waals surface area contributed by atoms with E-state index >= 15 is 0 Å². The fourth-order valence-corrected chi connectivity index (χ4v) is 5.97. The molecule has 1 aliphatic carbocycles. The molecule has 30 heavy (non-hydrogen) atoms. The number of hydrogen-bond acceptors (Lipinski definition) is 4. The summed E-state index contributed by atoms with van der Waals surface area (Å²) in [5.74, 6) is -0.159. The molecule has 0 atom stereocenters. The summed E-state index contributed by atoms with van der Waals surface area (Å²) in [5, 5.41) is 3.85. The number of nitrogens with zero attached hydrogens (tertiary/aromatic N) is 1. The molecule has 1 fully saturated rings. The molecular formula is C23H24N2O4S. The van der Waals surface area contributed by atoms with Crippen LogP contribution in [0, 0.1) is 0 Å². The van der Waals surface area contributed by atoms with Crippen molar-refractivity contribution >= 4 is 32.6 Å². The lowest BCUT2D eigenvalue weighted by Gasteiger charge is -2.15. The van der Waals surface area contributed by atoms with Gasteiger partial charge in [-0.2, -0.15) is 4.31 Å². The van der Waals surface area contributed by atoms with E-state index in [0.29, 0.717) is 18.8 Å². The number of aryl methyl sites for hydroxylation is 2. The topological polar surface area (TPSA) is 79.6 Å². The minimum atomic E-state index is -3.45. The Morgan fingerprint density at radius 2 is 1.70 bits per heavy atom. The highest BCUT2D eigenvalue weighted by Gasteiger charge is 2.27. The smallest absolute Gasteiger partial charge is 0.243 e. The fraction of sp³-hybridized carbons (Fsp3) is 0.348. The number of carbonyl (C=O) groups is 1. The van der Waals surface area contributed by atoms with Crippen LogP contribution in [0.3, 0.4) is 0 Å². The first-order valence-corrected chi connectivity index (χ1v) is 11.9. The number of furan rings is 1. The molecule has 5 rings (SSSR count). The van der Waals surface area contributed by atoms with Crippen LogP contribution in [0.1, 0.15) is 36.0 Å². The van der Waals surface area contributed by atoms with E-state index in [4.69, 9.17) is 4.42 Å². The van der Waals surface area contributed by atoms with Crippen molar-refractivity contribution in [3.05, 3.63) is 59.4 Å². The van der Waals surface area contributed by atoms with E-state index in [-0.39, 0.29) is 17.2 Å². The van der Waals surface area contributed by atoms with Gasteiger partial charge in [-0.3, -0.25) is 4.79 Å². The Morgan fingerprint density at radius 3 is 2.43 bits per heavy atom. The Bertz CT molecular complexity index is 1210. The van der Waals surface area contributed by atoms with Crippen molar-refractivity contribution in [3.8, 4) is 0 Å². The van der Waals surface area contributed by atoms with Gasteiger partial charge in [-0.05, 0) is 79.6 Å². The monoisotopic (exact) mass is 424 g/mol. The second-order valence-electron chi connectivity index (χ2n) is 8.09. The fourth-order valence-electron chi connectivity index (χ4n) is 4.45. The summed E-state index contributed by atoms with van der Waals surface area (Å²) in [4.78, 5) is 12.8. The van der Waals surface area contributed by atoms with E-state index in [1.165, 1.54) is 21.9 Å². The van der Waals surface area contributed by atoms with Gasteiger partial charge in [0, 0.05) is 29.7 Å². The quantitative estimate of drug-likeness (QED) is 0.674. The second-order valence-corrected chi connectivity index (χ2v) is 10.0. The summed E-state index contributed by atoms with van der Waals surface area (Å²) in [6.45, 7) is 1.14. The number of sulfonamides is 1. The molecule has 2 heterocycles. The predicted molar refractivity (Wildman–Crippen MR) is 115 cm³/mol. The number of hydrogen-bond donors (Lipinski definition) is 1. The van der Waals surface area contributed by atoms with Crippen molar-refractivity contribution in [2.45, 2.75) is 43.4 Å². The first kappa shape index (κ1) is 19.3. The standard InChI is InChI=1S/C23H24N2O4S/c26-23(14-18-15-29-22-13-17-5-3-4-16(17)12-21(18)22)24-19-6-8-20(9-7-19)30(27,28)25-10-1-2-11-25/h6-9,12-13,15H,1-5,10-11,14H2,(H,24,26). The third-order valence-electron chi connectivity index (χ3n) is 6.06. The van der Waals surface area contributed by atoms with Gasteiger partial charge in [0.05, 0.1) is 17.6 Å². The summed E-state index contributed by atoms with van der Waals surface area (Å²) in [5.41, 5.74) is 4.96. The van der Waals surface area contributed by atoms with Crippen molar-refractivity contribution in [3.63, 3.8) is 0 Å². The zero-order valence-electron chi connectivity index (χ0n) is 16.7. The molecule has 0 saturated carbocycles. The van der Waals surface area contributed by atoms with Crippen LogP contribution in [-0.2, 0) is 34.1 Å². The number of benzene rings is 2. The summed E-state index contributed by atoms with van der Waals surface area (Å²) in [6, 6.07) is 10.6. The van der Waals surface area contributed by atoms with Gasteiger partial charge in [-0.1, -0.05) is 0 Å². The molecule has 3 aromatic rings. The summed E-state index contributed by atoms with van der Waals surface area (Å²) in [7, 11) is -3.45. The number of anilines is 1. The van der Waals surface area contributed by atoms with Gasteiger partial charge >= 0.3 is 0 Å². The van der Waals surface area contributed by atoms with Crippen LogP contribution in [0.25, 0.3) is 11.0 Å². The zero-order chi connectivity index (χ0) is 20.7. The van der Waals surface area contributed by atoms with E-state index in [2.05, 4.69) is 17.4 Å². The largest absolute Gasteiger partial charge is 0.464 e. The van der Waals surface area contributed by atoms with Crippen molar-refractivity contribution in [1.29, 1.82) is 0 Å². The molecular weight excluding hydrogens is 400 g/mol. The van der Waals surface area contributed by atoms with E-state index in [1.54, 1.807) is 30.5 Å². The average Bonchev–Trinajstić information content (AvgIpc) is 3.48. The van der Waals surface area contributed by atoms with Gasteiger partial charge in [-0.15, -0.1) is 0 Å².